The standard InChI is InChI=1S/C13H9NO5/c15-12-10(14(17)18)7-4-8-11(12)19-13(16)9-5-2-1-3-6-9/h1-8,15H. The molecule has 0 aliphatic rings. The Bertz CT molecular complexity index is 624. The second-order valence-corrected chi connectivity index (χ2v) is 3.64. The Morgan fingerprint density at radius 2 is 1.79 bits per heavy atom. The van der Waals surface area contributed by atoms with E-state index in [2.05, 4.69) is 0 Å². The van der Waals surface area contributed by atoms with Crippen LogP contribution in [0.15, 0.2) is 48.5 Å². The summed E-state index contributed by atoms with van der Waals surface area (Å²) < 4.78 is 4.93. The van der Waals surface area contributed by atoms with Crippen LogP contribution in [-0.2, 0) is 0 Å². The molecule has 0 radical (unpaired) electrons. The van der Waals surface area contributed by atoms with Gasteiger partial charge in [0.05, 0.1) is 10.5 Å². The van der Waals surface area contributed by atoms with Crippen LogP contribution in [0.5, 0.6) is 11.5 Å². The molecule has 6 nitrogen and oxygen atoms in total. The largest absolute Gasteiger partial charge is 0.499 e. The Morgan fingerprint density at radius 1 is 1.11 bits per heavy atom. The van der Waals surface area contributed by atoms with E-state index in [1.54, 1.807) is 18.2 Å². The van der Waals surface area contributed by atoms with Crippen LogP contribution in [0.2, 0.25) is 0 Å². The maximum atomic E-state index is 11.7. The van der Waals surface area contributed by atoms with Crippen molar-refractivity contribution in [2.24, 2.45) is 0 Å². The first-order valence-electron chi connectivity index (χ1n) is 5.33. The van der Waals surface area contributed by atoms with Crippen LogP contribution in [-0.4, -0.2) is 16.0 Å². The van der Waals surface area contributed by atoms with E-state index in [-0.39, 0.29) is 11.3 Å². The van der Waals surface area contributed by atoms with Crippen molar-refractivity contribution in [3.63, 3.8) is 0 Å². The number of hydrogen-bond donors (Lipinski definition) is 1. The first-order valence-corrected chi connectivity index (χ1v) is 5.33. The number of hydrogen-bond acceptors (Lipinski definition) is 5. The molecule has 0 bridgehead atoms. The predicted octanol–water partition coefficient (Wildman–Crippen LogP) is 2.52. The smallest absolute Gasteiger partial charge is 0.343 e. The van der Waals surface area contributed by atoms with Crippen molar-refractivity contribution in [1.82, 2.24) is 0 Å². The maximum Gasteiger partial charge on any atom is 0.343 e. The minimum Gasteiger partial charge on any atom is -0.499 e. The third-order valence-corrected chi connectivity index (χ3v) is 2.39. The van der Waals surface area contributed by atoms with Crippen molar-refractivity contribution in [2.75, 3.05) is 0 Å². The summed E-state index contributed by atoms with van der Waals surface area (Å²) >= 11 is 0. The third kappa shape index (κ3) is 2.68. The molecule has 0 atom stereocenters. The van der Waals surface area contributed by atoms with Crippen LogP contribution in [0.4, 0.5) is 5.69 Å². The molecule has 2 aromatic carbocycles. The molecule has 0 heterocycles. The molecule has 0 saturated heterocycles. The molecule has 19 heavy (non-hydrogen) atoms. The highest BCUT2D eigenvalue weighted by Crippen LogP contribution is 2.35. The summed E-state index contributed by atoms with van der Waals surface area (Å²) in [5.41, 5.74) is -0.230. The van der Waals surface area contributed by atoms with E-state index < -0.39 is 22.3 Å². The van der Waals surface area contributed by atoms with Gasteiger partial charge in [-0.2, -0.15) is 0 Å². The number of nitro benzene ring substituents is 1. The Hall–Kier alpha value is -2.89. The molecule has 0 unspecified atom stereocenters. The zero-order valence-corrected chi connectivity index (χ0v) is 9.65. The zero-order chi connectivity index (χ0) is 13.8. The van der Waals surface area contributed by atoms with Gasteiger partial charge in [0.2, 0.25) is 5.75 Å². The van der Waals surface area contributed by atoms with Crippen LogP contribution in [0.1, 0.15) is 10.4 Å². The van der Waals surface area contributed by atoms with Crippen LogP contribution in [0.3, 0.4) is 0 Å². The lowest BCUT2D eigenvalue weighted by Gasteiger charge is -2.06. The van der Waals surface area contributed by atoms with Gasteiger partial charge in [-0.25, -0.2) is 4.79 Å². The molecule has 0 aliphatic carbocycles. The van der Waals surface area contributed by atoms with Crippen molar-refractivity contribution in [3.05, 3.63) is 64.2 Å². The van der Waals surface area contributed by atoms with Gasteiger partial charge in [-0.05, 0) is 18.2 Å². The SMILES string of the molecule is O=C(Oc1cccc([N+](=O)[O-])c1O)c1ccccc1. The van der Waals surface area contributed by atoms with E-state index in [1.807, 2.05) is 0 Å². The number of nitro groups is 1. The number of phenols is 1. The summed E-state index contributed by atoms with van der Waals surface area (Å²) in [6.45, 7) is 0. The van der Waals surface area contributed by atoms with Gasteiger partial charge in [-0.15, -0.1) is 0 Å². The summed E-state index contributed by atoms with van der Waals surface area (Å²) in [5, 5.41) is 20.3. The fourth-order valence-corrected chi connectivity index (χ4v) is 1.47. The topological polar surface area (TPSA) is 89.7 Å². The van der Waals surface area contributed by atoms with Crippen molar-refractivity contribution < 1.29 is 19.6 Å². The van der Waals surface area contributed by atoms with Gasteiger partial charge in [-0.3, -0.25) is 10.1 Å². The molecule has 0 spiro atoms. The fourth-order valence-electron chi connectivity index (χ4n) is 1.47. The van der Waals surface area contributed by atoms with Crippen molar-refractivity contribution in [3.8, 4) is 11.5 Å². The predicted molar refractivity (Wildman–Crippen MR) is 66.2 cm³/mol. The monoisotopic (exact) mass is 259 g/mol. The third-order valence-electron chi connectivity index (χ3n) is 2.39. The highest BCUT2D eigenvalue weighted by molar-refractivity contribution is 5.91. The molecule has 2 rings (SSSR count). The minimum atomic E-state index is -0.755. The Morgan fingerprint density at radius 3 is 2.42 bits per heavy atom. The van der Waals surface area contributed by atoms with Crippen molar-refractivity contribution >= 4 is 11.7 Å². The van der Waals surface area contributed by atoms with Crippen LogP contribution in [0.25, 0.3) is 0 Å². The average Bonchev–Trinajstić information content (AvgIpc) is 2.41. The van der Waals surface area contributed by atoms with Crippen molar-refractivity contribution in [1.29, 1.82) is 0 Å². The second-order valence-electron chi connectivity index (χ2n) is 3.64. The maximum absolute atomic E-state index is 11.7. The Labute approximate surface area is 108 Å². The lowest BCUT2D eigenvalue weighted by molar-refractivity contribution is -0.385. The molecule has 0 aromatic heterocycles. The Kier molecular flexibility index (Phi) is 3.42. The van der Waals surface area contributed by atoms with E-state index >= 15 is 0 Å². The van der Waals surface area contributed by atoms with Gasteiger partial charge in [-0.1, -0.05) is 24.3 Å². The molecular formula is C13H9NO5. The molecule has 2 aromatic rings. The zero-order valence-electron chi connectivity index (χ0n) is 9.65. The molecular weight excluding hydrogens is 250 g/mol. The number of carbonyl (C=O) groups is 1. The van der Waals surface area contributed by atoms with Crippen LogP contribution >= 0.6 is 0 Å². The number of ether oxygens (including phenoxy) is 1. The van der Waals surface area contributed by atoms with E-state index in [0.717, 1.165) is 6.07 Å². The summed E-state index contributed by atoms with van der Waals surface area (Å²) in [7, 11) is 0. The van der Waals surface area contributed by atoms with Gasteiger partial charge in [0.1, 0.15) is 0 Å². The highest BCUT2D eigenvalue weighted by Gasteiger charge is 2.19. The summed E-state index contributed by atoms with van der Waals surface area (Å²) in [4.78, 5) is 21.6. The molecule has 96 valence electrons. The quantitative estimate of drug-likeness (QED) is 0.396. The summed E-state index contributed by atoms with van der Waals surface area (Å²) in [5.74, 6) is -1.61. The van der Waals surface area contributed by atoms with E-state index in [0.29, 0.717) is 0 Å². The van der Waals surface area contributed by atoms with Gasteiger partial charge in [0, 0.05) is 6.07 Å². The number of rotatable bonds is 3. The Balaban J connectivity index is 2.27. The molecule has 0 aliphatic heterocycles. The van der Waals surface area contributed by atoms with E-state index in [1.165, 1.54) is 24.3 Å². The number of carbonyl (C=O) groups excluding carboxylic acids is 1. The number of benzene rings is 2. The van der Waals surface area contributed by atoms with Gasteiger partial charge in [0.25, 0.3) is 0 Å². The van der Waals surface area contributed by atoms with Gasteiger partial charge in [0.15, 0.2) is 5.75 Å². The molecule has 6 heteroatoms. The number of phenolic OH excluding ortho intramolecular Hbond substituents is 1. The number of esters is 1. The minimum absolute atomic E-state index is 0.247. The fraction of sp³-hybridized carbons (Fsp3) is 0. The van der Waals surface area contributed by atoms with Gasteiger partial charge >= 0.3 is 11.7 Å². The first-order chi connectivity index (χ1) is 9.09. The number of aromatic hydroxyl groups is 1. The second kappa shape index (κ2) is 5.18. The molecule has 0 fully saturated rings. The number of para-hydroxylation sites is 1. The average molecular weight is 259 g/mol. The molecule has 0 amide bonds. The normalized spacial score (nSPS) is 9.89. The summed E-state index contributed by atoms with van der Waals surface area (Å²) in [6.07, 6.45) is 0. The number of nitrogens with zero attached hydrogens (tertiary/aromatic N) is 1. The van der Waals surface area contributed by atoms with Crippen molar-refractivity contribution in [2.45, 2.75) is 0 Å². The highest BCUT2D eigenvalue weighted by atomic mass is 16.6. The van der Waals surface area contributed by atoms with Gasteiger partial charge < -0.3 is 9.84 Å². The summed E-state index contributed by atoms with van der Waals surface area (Å²) in [6, 6.07) is 11.9. The molecule has 0 saturated carbocycles. The van der Waals surface area contributed by atoms with E-state index in [4.69, 9.17) is 4.74 Å². The van der Waals surface area contributed by atoms with E-state index in [9.17, 15) is 20.0 Å². The lowest BCUT2D eigenvalue weighted by Crippen LogP contribution is -2.08. The van der Waals surface area contributed by atoms with Crippen LogP contribution < -0.4 is 4.74 Å². The van der Waals surface area contributed by atoms with Crippen LogP contribution in [0, 0.1) is 10.1 Å². The first kappa shape index (κ1) is 12.6. The lowest BCUT2D eigenvalue weighted by atomic mass is 10.2. The molecule has 1 N–H and O–H groups in total.